The molecule has 1 aromatic heterocycles. The summed E-state index contributed by atoms with van der Waals surface area (Å²) in [5, 5.41) is 10.1. The van der Waals surface area contributed by atoms with Crippen molar-refractivity contribution >= 4 is 21.9 Å². The van der Waals surface area contributed by atoms with Crippen LogP contribution < -0.4 is 0 Å². The topological polar surface area (TPSA) is 59.4 Å². The van der Waals surface area contributed by atoms with Crippen LogP contribution in [0.3, 0.4) is 0 Å². The zero-order valence-corrected chi connectivity index (χ0v) is 11.0. The van der Waals surface area contributed by atoms with Gasteiger partial charge in [-0.05, 0) is 41.4 Å². The van der Waals surface area contributed by atoms with Crippen molar-refractivity contribution in [3.8, 4) is 0 Å². The van der Waals surface area contributed by atoms with E-state index in [4.69, 9.17) is 0 Å². The van der Waals surface area contributed by atoms with Crippen LogP contribution in [-0.4, -0.2) is 23.2 Å². The lowest BCUT2D eigenvalue weighted by Crippen LogP contribution is -2.27. The Hall–Kier alpha value is -0.940. The number of pyridine rings is 1. The summed E-state index contributed by atoms with van der Waals surface area (Å²) in [6.45, 7) is 3.43. The lowest BCUT2D eigenvalue weighted by Gasteiger charge is -2.21. The number of nitrogens with zero attached hydrogens (tertiary/aromatic N) is 1. The number of carbonyl (C=O) groups excluding carboxylic acids is 1. The van der Waals surface area contributed by atoms with Crippen LogP contribution in [0.5, 0.6) is 0 Å². The highest BCUT2D eigenvalue weighted by atomic mass is 79.9. The van der Waals surface area contributed by atoms with Crippen molar-refractivity contribution in [3.05, 3.63) is 28.0 Å². The molecule has 0 saturated carbocycles. The Labute approximate surface area is 103 Å². The van der Waals surface area contributed by atoms with Crippen LogP contribution in [-0.2, 0) is 15.1 Å². The molecular formula is C11H14BrNO3. The fourth-order valence-corrected chi connectivity index (χ4v) is 1.49. The highest BCUT2D eigenvalue weighted by molar-refractivity contribution is 9.10. The van der Waals surface area contributed by atoms with Crippen molar-refractivity contribution in [1.82, 2.24) is 4.98 Å². The Morgan fingerprint density at radius 2 is 2.31 bits per heavy atom. The molecule has 0 saturated heterocycles. The molecule has 0 aliphatic heterocycles. The summed E-state index contributed by atoms with van der Waals surface area (Å²) in [4.78, 5) is 15.2. The Balaban J connectivity index is 2.97. The number of aromatic nitrogens is 1. The molecule has 0 fully saturated rings. The number of rotatable bonds is 3. The molecular weight excluding hydrogens is 274 g/mol. The van der Waals surface area contributed by atoms with Crippen molar-refractivity contribution < 1.29 is 14.6 Å². The SMILES string of the molecule is COC(=O)CC(C)(O)c1cc(C)c(Br)cn1. The lowest BCUT2D eigenvalue weighted by atomic mass is 9.96. The standard InChI is InChI=1S/C11H14BrNO3/c1-7-4-9(13-6-8(7)12)11(2,15)5-10(14)16-3/h4,6,15H,5H2,1-3H3. The van der Waals surface area contributed by atoms with Crippen molar-refractivity contribution in [3.63, 3.8) is 0 Å². The number of hydrogen-bond donors (Lipinski definition) is 1. The van der Waals surface area contributed by atoms with Crippen LogP contribution >= 0.6 is 15.9 Å². The van der Waals surface area contributed by atoms with Gasteiger partial charge in [-0.3, -0.25) is 9.78 Å². The molecule has 1 unspecified atom stereocenters. The lowest BCUT2D eigenvalue weighted by molar-refractivity contribution is -0.146. The summed E-state index contributed by atoms with van der Waals surface area (Å²) in [6, 6.07) is 1.74. The van der Waals surface area contributed by atoms with Crippen LogP contribution in [0.1, 0.15) is 24.6 Å². The van der Waals surface area contributed by atoms with Gasteiger partial charge in [0.25, 0.3) is 0 Å². The largest absolute Gasteiger partial charge is 0.469 e. The van der Waals surface area contributed by atoms with Gasteiger partial charge in [0.2, 0.25) is 0 Å². The average molecular weight is 288 g/mol. The van der Waals surface area contributed by atoms with Gasteiger partial charge in [-0.25, -0.2) is 0 Å². The second-order valence-electron chi connectivity index (χ2n) is 3.85. The summed E-state index contributed by atoms with van der Waals surface area (Å²) >= 11 is 3.32. The minimum atomic E-state index is -1.31. The van der Waals surface area contributed by atoms with Gasteiger partial charge < -0.3 is 9.84 Å². The van der Waals surface area contributed by atoms with Crippen LogP contribution in [0, 0.1) is 6.92 Å². The molecule has 5 heteroatoms. The predicted octanol–water partition coefficient (Wildman–Crippen LogP) is 1.92. The first kappa shape index (κ1) is 13.1. The van der Waals surface area contributed by atoms with Gasteiger partial charge in [-0.1, -0.05) is 0 Å². The van der Waals surface area contributed by atoms with Crippen molar-refractivity contribution in [2.45, 2.75) is 25.9 Å². The first-order valence-corrected chi connectivity index (χ1v) is 5.58. The molecule has 1 heterocycles. The smallest absolute Gasteiger partial charge is 0.308 e. The monoisotopic (exact) mass is 287 g/mol. The Bertz CT molecular complexity index is 404. The number of aryl methyl sites for hydroxylation is 1. The van der Waals surface area contributed by atoms with Gasteiger partial charge >= 0.3 is 5.97 Å². The fraction of sp³-hybridized carbons (Fsp3) is 0.455. The van der Waals surface area contributed by atoms with E-state index in [-0.39, 0.29) is 6.42 Å². The number of carbonyl (C=O) groups is 1. The van der Waals surface area contributed by atoms with E-state index in [2.05, 4.69) is 25.7 Å². The van der Waals surface area contributed by atoms with Crippen LogP contribution in [0.4, 0.5) is 0 Å². The predicted molar refractivity (Wildman–Crippen MR) is 62.9 cm³/mol. The van der Waals surface area contributed by atoms with E-state index in [9.17, 15) is 9.90 Å². The van der Waals surface area contributed by atoms with Crippen molar-refractivity contribution in [2.24, 2.45) is 0 Å². The number of ether oxygens (including phenoxy) is 1. The summed E-state index contributed by atoms with van der Waals surface area (Å²) in [5.41, 5.74) is 0.104. The number of halogens is 1. The van der Waals surface area contributed by atoms with E-state index in [1.54, 1.807) is 19.2 Å². The fourth-order valence-electron chi connectivity index (χ4n) is 1.28. The summed E-state index contributed by atoms with van der Waals surface area (Å²) < 4.78 is 5.39. The van der Waals surface area contributed by atoms with Crippen LogP contribution in [0.15, 0.2) is 16.7 Å². The quantitative estimate of drug-likeness (QED) is 0.863. The molecule has 1 aromatic rings. The van der Waals surface area contributed by atoms with E-state index in [0.717, 1.165) is 10.0 Å². The zero-order chi connectivity index (χ0) is 12.3. The van der Waals surface area contributed by atoms with Gasteiger partial charge in [0.1, 0.15) is 5.60 Å². The average Bonchev–Trinajstić information content (AvgIpc) is 2.21. The Kier molecular flexibility index (Phi) is 4.04. The maximum Gasteiger partial charge on any atom is 0.308 e. The number of hydrogen-bond acceptors (Lipinski definition) is 4. The second kappa shape index (κ2) is 4.93. The van der Waals surface area contributed by atoms with E-state index in [1.165, 1.54) is 7.11 Å². The molecule has 4 nitrogen and oxygen atoms in total. The Morgan fingerprint density at radius 3 is 2.81 bits per heavy atom. The molecule has 16 heavy (non-hydrogen) atoms. The highest BCUT2D eigenvalue weighted by Gasteiger charge is 2.28. The maximum atomic E-state index is 11.1. The van der Waals surface area contributed by atoms with Gasteiger partial charge in [0, 0.05) is 10.7 Å². The molecule has 88 valence electrons. The molecule has 0 bridgehead atoms. The molecule has 0 aliphatic carbocycles. The third-order valence-corrected chi connectivity index (χ3v) is 3.15. The van der Waals surface area contributed by atoms with E-state index in [1.807, 2.05) is 6.92 Å². The van der Waals surface area contributed by atoms with Gasteiger partial charge in [-0.15, -0.1) is 0 Å². The van der Waals surface area contributed by atoms with Crippen molar-refractivity contribution in [1.29, 1.82) is 0 Å². The molecule has 1 N–H and O–H groups in total. The molecule has 1 rings (SSSR count). The van der Waals surface area contributed by atoms with Crippen LogP contribution in [0.25, 0.3) is 0 Å². The normalized spacial score (nSPS) is 14.3. The molecule has 0 aromatic carbocycles. The third-order valence-electron chi connectivity index (χ3n) is 2.31. The van der Waals surface area contributed by atoms with E-state index < -0.39 is 11.6 Å². The summed E-state index contributed by atoms with van der Waals surface area (Å²) in [5.74, 6) is -0.465. The molecule has 0 amide bonds. The first-order chi connectivity index (χ1) is 7.36. The van der Waals surface area contributed by atoms with Crippen molar-refractivity contribution in [2.75, 3.05) is 7.11 Å². The zero-order valence-electron chi connectivity index (χ0n) is 9.45. The van der Waals surface area contributed by atoms with Gasteiger partial charge in [-0.2, -0.15) is 0 Å². The minimum absolute atomic E-state index is 0.114. The second-order valence-corrected chi connectivity index (χ2v) is 4.70. The maximum absolute atomic E-state index is 11.1. The van der Waals surface area contributed by atoms with E-state index >= 15 is 0 Å². The third kappa shape index (κ3) is 3.02. The molecule has 0 radical (unpaired) electrons. The molecule has 0 aliphatic rings. The number of esters is 1. The molecule has 1 atom stereocenters. The number of aliphatic hydroxyl groups is 1. The number of methoxy groups -OCH3 is 1. The van der Waals surface area contributed by atoms with E-state index in [0.29, 0.717) is 5.69 Å². The molecule has 0 spiro atoms. The van der Waals surface area contributed by atoms with Gasteiger partial charge in [0.05, 0.1) is 19.2 Å². The summed E-state index contributed by atoms with van der Waals surface area (Å²) in [7, 11) is 1.29. The first-order valence-electron chi connectivity index (χ1n) is 4.78. The minimum Gasteiger partial charge on any atom is -0.469 e. The highest BCUT2D eigenvalue weighted by Crippen LogP contribution is 2.26. The Morgan fingerprint density at radius 1 is 1.69 bits per heavy atom. The van der Waals surface area contributed by atoms with Gasteiger partial charge in [0.15, 0.2) is 0 Å². The summed E-state index contributed by atoms with van der Waals surface area (Å²) in [6.07, 6.45) is 1.49. The van der Waals surface area contributed by atoms with Crippen LogP contribution in [0.2, 0.25) is 0 Å².